The van der Waals surface area contributed by atoms with Crippen LogP contribution in [0.2, 0.25) is 10.0 Å². The molecular weight excluding hydrogens is 343 g/mol. The normalized spacial score (nSPS) is 17.4. The highest BCUT2D eigenvalue weighted by molar-refractivity contribution is 6.30. The highest BCUT2D eigenvalue weighted by atomic mass is 35.5. The van der Waals surface area contributed by atoms with E-state index in [-0.39, 0.29) is 11.9 Å². The summed E-state index contributed by atoms with van der Waals surface area (Å²) in [6, 6.07) is 15.0. The van der Waals surface area contributed by atoms with E-state index in [4.69, 9.17) is 23.2 Å². The SMILES string of the molecule is CC(=O)N1N=C(/C=C/c2ccc(Cl)cc2)CC1c1ccc(Cl)cc1. The Labute approximate surface area is 151 Å². The standard InChI is InChI=1S/C19H16Cl2N2O/c1-13(24)23-19(15-5-9-17(21)10-6-15)12-18(22-23)11-4-14-2-7-16(20)8-3-14/h2-11,19H,12H2,1H3/b11-4+. The topological polar surface area (TPSA) is 32.7 Å². The van der Waals surface area contributed by atoms with Crippen LogP contribution in [0.1, 0.15) is 30.5 Å². The first-order chi connectivity index (χ1) is 11.5. The molecule has 2 aromatic rings. The maximum Gasteiger partial charge on any atom is 0.240 e. The summed E-state index contributed by atoms with van der Waals surface area (Å²) in [5.74, 6) is -0.0788. The number of rotatable bonds is 3. The fraction of sp³-hybridized carbons (Fsp3) is 0.158. The molecule has 24 heavy (non-hydrogen) atoms. The van der Waals surface area contributed by atoms with Crippen molar-refractivity contribution in [1.29, 1.82) is 0 Å². The Balaban J connectivity index is 1.80. The van der Waals surface area contributed by atoms with Crippen LogP contribution in [0.15, 0.2) is 59.7 Å². The molecular formula is C19H16Cl2N2O. The minimum Gasteiger partial charge on any atom is -0.273 e. The minimum atomic E-state index is -0.0929. The summed E-state index contributed by atoms with van der Waals surface area (Å²) < 4.78 is 0. The number of hydrogen-bond acceptors (Lipinski definition) is 2. The molecule has 1 aliphatic rings. The molecule has 1 aliphatic heterocycles. The van der Waals surface area contributed by atoms with Crippen LogP contribution >= 0.6 is 23.2 Å². The molecule has 1 heterocycles. The van der Waals surface area contributed by atoms with Gasteiger partial charge in [-0.25, -0.2) is 5.01 Å². The van der Waals surface area contributed by atoms with E-state index in [0.29, 0.717) is 16.5 Å². The van der Waals surface area contributed by atoms with Crippen LogP contribution in [0.4, 0.5) is 0 Å². The van der Waals surface area contributed by atoms with Gasteiger partial charge in [0.05, 0.1) is 11.8 Å². The average molecular weight is 359 g/mol. The van der Waals surface area contributed by atoms with E-state index in [2.05, 4.69) is 5.10 Å². The van der Waals surface area contributed by atoms with Gasteiger partial charge < -0.3 is 0 Å². The van der Waals surface area contributed by atoms with Crippen molar-refractivity contribution in [1.82, 2.24) is 5.01 Å². The molecule has 122 valence electrons. The third-order valence-electron chi connectivity index (χ3n) is 3.85. The lowest BCUT2D eigenvalue weighted by Crippen LogP contribution is -2.24. The summed E-state index contributed by atoms with van der Waals surface area (Å²) in [5, 5.41) is 7.37. The van der Waals surface area contributed by atoms with Crippen molar-refractivity contribution in [2.45, 2.75) is 19.4 Å². The zero-order valence-corrected chi connectivity index (χ0v) is 14.6. The lowest BCUT2D eigenvalue weighted by molar-refractivity contribution is -0.130. The first-order valence-electron chi connectivity index (χ1n) is 7.59. The van der Waals surface area contributed by atoms with E-state index < -0.39 is 0 Å². The van der Waals surface area contributed by atoms with Gasteiger partial charge in [0.25, 0.3) is 0 Å². The lowest BCUT2D eigenvalue weighted by Gasteiger charge is -2.20. The van der Waals surface area contributed by atoms with Gasteiger partial charge in [-0.2, -0.15) is 5.10 Å². The molecule has 0 aliphatic carbocycles. The maximum atomic E-state index is 11.9. The van der Waals surface area contributed by atoms with Crippen LogP contribution in [-0.2, 0) is 4.79 Å². The first-order valence-corrected chi connectivity index (χ1v) is 8.35. The first kappa shape index (κ1) is 16.7. The maximum absolute atomic E-state index is 11.9. The molecule has 0 saturated heterocycles. The van der Waals surface area contributed by atoms with Crippen LogP contribution in [-0.4, -0.2) is 16.6 Å². The predicted octanol–water partition coefficient (Wildman–Crippen LogP) is 5.36. The second-order valence-electron chi connectivity index (χ2n) is 5.61. The Kier molecular flexibility index (Phi) is 5.03. The number of carbonyl (C=O) groups excluding carboxylic acids is 1. The minimum absolute atomic E-state index is 0.0788. The van der Waals surface area contributed by atoms with E-state index in [1.54, 1.807) is 0 Å². The van der Waals surface area contributed by atoms with Crippen molar-refractivity contribution in [3.05, 3.63) is 75.8 Å². The Morgan fingerprint density at radius 1 is 1.04 bits per heavy atom. The smallest absolute Gasteiger partial charge is 0.240 e. The molecule has 1 unspecified atom stereocenters. The molecule has 0 fully saturated rings. The lowest BCUT2D eigenvalue weighted by atomic mass is 10.0. The number of benzene rings is 2. The second kappa shape index (κ2) is 7.20. The number of amides is 1. The van der Waals surface area contributed by atoms with E-state index in [0.717, 1.165) is 16.8 Å². The molecule has 2 aromatic carbocycles. The van der Waals surface area contributed by atoms with Gasteiger partial charge in [0.15, 0.2) is 0 Å². The predicted molar refractivity (Wildman–Crippen MR) is 99.3 cm³/mol. The van der Waals surface area contributed by atoms with Gasteiger partial charge in [-0.3, -0.25) is 4.79 Å². The zero-order valence-electron chi connectivity index (χ0n) is 13.1. The van der Waals surface area contributed by atoms with Crippen LogP contribution in [0, 0.1) is 0 Å². The molecule has 3 nitrogen and oxygen atoms in total. The van der Waals surface area contributed by atoms with Gasteiger partial charge in [0.2, 0.25) is 5.91 Å². The summed E-state index contributed by atoms with van der Waals surface area (Å²) >= 11 is 11.8. The molecule has 1 atom stereocenters. The van der Waals surface area contributed by atoms with Crippen molar-refractivity contribution in [3.8, 4) is 0 Å². The number of carbonyl (C=O) groups is 1. The fourth-order valence-electron chi connectivity index (χ4n) is 2.64. The van der Waals surface area contributed by atoms with Crippen molar-refractivity contribution < 1.29 is 4.79 Å². The third-order valence-corrected chi connectivity index (χ3v) is 4.35. The number of hydrazone groups is 1. The van der Waals surface area contributed by atoms with Gasteiger partial charge in [0, 0.05) is 23.4 Å². The van der Waals surface area contributed by atoms with E-state index in [1.165, 1.54) is 11.9 Å². The van der Waals surface area contributed by atoms with Gasteiger partial charge in [-0.1, -0.05) is 53.5 Å². The summed E-state index contributed by atoms with van der Waals surface area (Å²) in [7, 11) is 0. The van der Waals surface area contributed by atoms with Gasteiger partial charge in [0.1, 0.15) is 0 Å². The number of allylic oxidation sites excluding steroid dienone is 1. The van der Waals surface area contributed by atoms with Gasteiger partial charge in [-0.05, 0) is 41.5 Å². The monoisotopic (exact) mass is 358 g/mol. The molecule has 0 saturated carbocycles. The highest BCUT2D eigenvalue weighted by Gasteiger charge is 2.29. The highest BCUT2D eigenvalue weighted by Crippen LogP contribution is 2.31. The Morgan fingerprint density at radius 2 is 1.62 bits per heavy atom. The number of hydrogen-bond donors (Lipinski definition) is 0. The average Bonchev–Trinajstić information content (AvgIpc) is 3.00. The van der Waals surface area contributed by atoms with Crippen LogP contribution < -0.4 is 0 Å². The fourth-order valence-corrected chi connectivity index (χ4v) is 2.89. The number of nitrogens with zero attached hydrogens (tertiary/aromatic N) is 2. The molecule has 3 rings (SSSR count). The van der Waals surface area contributed by atoms with Crippen LogP contribution in [0.3, 0.4) is 0 Å². The molecule has 0 bridgehead atoms. The van der Waals surface area contributed by atoms with Crippen LogP contribution in [0.5, 0.6) is 0 Å². The van der Waals surface area contributed by atoms with E-state index in [9.17, 15) is 4.79 Å². The Hall–Kier alpha value is -2.10. The van der Waals surface area contributed by atoms with Gasteiger partial charge in [-0.15, -0.1) is 0 Å². The van der Waals surface area contributed by atoms with Crippen molar-refractivity contribution >= 4 is 40.9 Å². The summed E-state index contributed by atoms with van der Waals surface area (Å²) in [4.78, 5) is 11.9. The zero-order chi connectivity index (χ0) is 17.1. The second-order valence-corrected chi connectivity index (χ2v) is 6.48. The van der Waals surface area contributed by atoms with Crippen LogP contribution in [0.25, 0.3) is 6.08 Å². The molecule has 0 spiro atoms. The quantitative estimate of drug-likeness (QED) is 0.727. The molecule has 0 radical (unpaired) electrons. The summed E-state index contributed by atoms with van der Waals surface area (Å²) in [6.45, 7) is 1.53. The van der Waals surface area contributed by atoms with Gasteiger partial charge >= 0.3 is 0 Å². The summed E-state index contributed by atoms with van der Waals surface area (Å²) in [5.41, 5.74) is 2.92. The molecule has 5 heteroatoms. The largest absolute Gasteiger partial charge is 0.273 e. The third kappa shape index (κ3) is 3.86. The van der Waals surface area contributed by atoms with Crippen molar-refractivity contribution in [3.63, 3.8) is 0 Å². The van der Waals surface area contributed by atoms with E-state index in [1.807, 2.05) is 60.7 Å². The van der Waals surface area contributed by atoms with Crippen molar-refractivity contribution in [2.24, 2.45) is 5.10 Å². The summed E-state index contributed by atoms with van der Waals surface area (Å²) in [6.07, 6.45) is 4.58. The molecule has 1 amide bonds. The number of halogens is 2. The Bertz CT molecular complexity index is 795. The van der Waals surface area contributed by atoms with Crippen molar-refractivity contribution in [2.75, 3.05) is 0 Å². The van der Waals surface area contributed by atoms with E-state index >= 15 is 0 Å². The molecule has 0 N–H and O–H groups in total. The molecule has 0 aromatic heterocycles. The Morgan fingerprint density at radius 3 is 2.21 bits per heavy atom.